The van der Waals surface area contributed by atoms with Gasteiger partial charge in [0.1, 0.15) is 0 Å². The minimum absolute atomic E-state index is 0.0241. The average molecular weight is 255 g/mol. The van der Waals surface area contributed by atoms with Gasteiger partial charge in [0.2, 0.25) is 0 Å². The standard InChI is InChI=1S/C16H17NO2/c18-15-7-3-5-12(16(15)19)9-17-10-13-8-11-4-1-2-6-14(11)13/h1-7,13,17-19H,8-10H2. The average Bonchev–Trinajstić information content (AvgIpc) is 2.39. The van der Waals surface area contributed by atoms with Crippen LogP contribution in [-0.2, 0) is 13.0 Å². The Kier molecular flexibility index (Phi) is 3.13. The summed E-state index contributed by atoms with van der Waals surface area (Å²) in [6, 6.07) is 13.5. The highest BCUT2D eigenvalue weighted by molar-refractivity contribution is 5.44. The third kappa shape index (κ3) is 2.29. The van der Waals surface area contributed by atoms with E-state index in [0.717, 1.165) is 18.5 Å². The molecule has 0 aliphatic heterocycles. The number of phenols is 2. The third-order valence-corrected chi connectivity index (χ3v) is 3.77. The molecule has 3 heteroatoms. The number of nitrogens with one attached hydrogen (secondary N) is 1. The fourth-order valence-corrected chi connectivity index (χ4v) is 2.65. The molecule has 1 aliphatic rings. The SMILES string of the molecule is Oc1cccc(CNCC2Cc3ccccc32)c1O. The van der Waals surface area contributed by atoms with Crippen LogP contribution in [-0.4, -0.2) is 16.8 Å². The van der Waals surface area contributed by atoms with Gasteiger partial charge in [0.05, 0.1) is 0 Å². The van der Waals surface area contributed by atoms with Gasteiger partial charge in [0.15, 0.2) is 11.5 Å². The van der Waals surface area contributed by atoms with Gasteiger partial charge in [-0.05, 0) is 23.6 Å². The molecule has 1 unspecified atom stereocenters. The maximum atomic E-state index is 9.70. The number of benzene rings is 2. The molecular weight excluding hydrogens is 238 g/mol. The number of rotatable bonds is 4. The van der Waals surface area contributed by atoms with E-state index in [-0.39, 0.29) is 11.5 Å². The summed E-state index contributed by atoms with van der Waals surface area (Å²) in [6.07, 6.45) is 1.12. The Morgan fingerprint density at radius 2 is 1.89 bits per heavy atom. The summed E-state index contributed by atoms with van der Waals surface area (Å²) < 4.78 is 0. The van der Waals surface area contributed by atoms with Crippen LogP contribution in [0.4, 0.5) is 0 Å². The lowest BCUT2D eigenvalue weighted by Gasteiger charge is -2.30. The van der Waals surface area contributed by atoms with E-state index in [1.165, 1.54) is 17.2 Å². The topological polar surface area (TPSA) is 52.5 Å². The molecule has 0 heterocycles. The first-order valence-electron chi connectivity index (χ1n) is 6.54. The van der Waals surface area contributed by atoms with Crippen LogP contribution < -0.4 is 5.32 Å². The lowest BCUT2D eigenvalue weighted by Crippen LogP contribution is -2.28. The van der Waals surface area contributed by atoms with Crippen molar-refractivity contribution >= 4 is 0 Å². The van der Waals surface area contributed by atoms with Crippen molar-refractivity contribution in [3.8, 4) is 11.5 Å². The summed E-state index contributed by atoms with van der Waals surface area (Å²) in [4.78, 5) is 0. The van der Waals surface area contributed by atoms with Crippen LogP contribution in [0, 0.1) is 0 Å². The molecule has 0 fully saturated rings. The van der Waals surface area contributed by atoms with Gasteiger partial charge in [0.25, 0.3) is 0 Å². The van der Waals surface area contributed by atoms with Gasteiger partial charge in [-0.1, -0.05) is 36.4 Å². The van der Waals surface area contributed by atoms with Crippen molar-refractivity contribution in [2.75, 3.05) is 6.54 Å². The maximum Gasteiger partial charge on any atom is 0.161 e. The van der Waals surface area contributed by atoms with Gasteiger partial charge < -0.3 is 15.5 Å². The molecule has 19 heavy (non-hydrogen) atoms. The van der Waals surface area contributed by atoms with E-state index in [0.29, 0.717) is 12.5 Å². The summed E-state index contributed by atoms with van der Waals surface area (Å²) in [5, 5.41) is 22.5. The normalized spacial score (nSPS) is 16.7. The van der Waals surface area contributed by atoms with E-state index in [1.807, 2.05) is 6.07 Å². The predicted octanol–water partition coefficient (Wildman–Crippen LogP) is 2.53. The lowest BCUT2D eigenvalue weighted by molar-refractivity contribution is 0.397. The second-order valence-electron chi connectivity index (χ2n) is 5.02. The van der Waals surface area contributed by atoms with Crippen molar-refractivity contribution in [1.82, 2.24) is 5.32 Å². The minimum atomic E-state index is -0.0618. The smallest absolute Gasteiger partial charge is 0.161 e. The van der Waals surface area contributed by atoms with Crippen LogP contribution in [0.15, 0.2) is 42.5 Å². The molecular formula is C16H17NO2. The number of hydrogen-bond acceptors (Lipinski definition) is 3. The fourth-order valence-electron chi connectivity index (χ4n) is 2.65. The first-order chi connectivity index (χ1) is 9.25. The summed E-state index contributed by atoms with van der Waals surface area (Å²) in [5.74, 6) is 0.480. The molecule has 0 saturated heterocycles. The van der Waals surface area contributed by atoms with Crippen molar-refractivity contribution in [1.29, 1.82) is 0 Å². The zero-order valence-corrected chi connectivity index (χ0v) is 10.6. The molecule has 1 atom stereocenters. The Morgan fingerprint density at radius 1 is 1.05 bits per heavy atom. The van der Waals surface area contributed by atoms with Crippen LogP contribution in [0.2, 0.25) is 0 Å². The van der Waals surface area contributed by atoms with Gasteiger partial charge in [-0.25, -0.2) is 0 Å². The summed E-state index contributed by atoms with van der Waals surface area (Å²) in [6.45, 7) is 1.46. The molecule has 0 saturated carbocycles. The number of phenolic OH excluding ortho intramolecular Hbond substituents is 2. The van der Waals surface area contributed by atoms with E-state index in [9.17, 15) is 10.2 Å². The Morgan fingerprint density at radius 3 is 2.74 bits per heavy atom. The minimum Gasteiger partial charge on any atom is -0.504 e. The molecule has 0 aromatic heterocycles. The van der Waals surface area contributed by atoms with Crippen molar-refractivity contribution < 1.29 is 10.2 Å². The van der Waals surface area contributed by atoms with Crippen LogP contribution >= 0.6 is 0 Å². The molecule has 3 rings (SSSR count). The van der Waals surface area contributed by atoms with Gasteiger partial charge in [-0.2, -0.15) is 0 Å². The van der Waals surface area contributed by atoms with Crippen LogP contribution in [0.3, 0.4) is 0 Å². The molecule has 98 valence electrons. The molecule has 0 spiro atoms. The van der Waals surface area contributed by atoms with E-state index in [4.69, 9.17) is 0 Å². The van der Waals surface area contributed by atoms with Gasteiger partial charge in [-0.3, -0.25) is 0 Å². The zero-order valence-electron chi connectivity index (χ0n) is 10.6. The van der Waals surface area contributed by atoms with E-state index >= 15 is 0 Å². The second-order valence-corrected chi connectivity index (χ2v) is 5.02. The Labute approximate surface area is 112 Å². The van der Waals surface area contributed by atoms with Crippen LogP contribution in [0.1, 0.15) is 22.6 Å². The molecule has 0 radical (unpaired) electrons. The monoisotopic (exact) mass is 255 g/mol. The third-order valence-electron chi connectivity index (χ3n) is 3.77. The predicted molar refractivity (Wildman–Crippen MR) is 74.4 cm³/mol. The van der Waals surface area contributed by atoms with Crippen LogP contribution in [0.25, 0.3) is 0 Å². The Bertz CT molecular complexity index is 595. The summed E-state index contributed by atoms with van der Waals surface area (Å²) in [7, 11) is 0. The van der Waals surface area contributed by atoms with Gasteiger partial charge >= 0.3 is 0 Å². The van der Waals surface area contributed by atoms with E-state index in [1.54, 1.807) is 6.07 Å². The largest absolute Gasteiger partial charge is 0.504 e. The first-order valence-corrected chi connectivity index (χ1v) is 6.54. The molecule has 0 bridgehead atoms. The zero-order chi connectivity index (χ0) is 13.2. The van der Waals surface area contributed by atoms with Crippen molar-refractivity contribution in [2.24, 2.45) is 0 Å². The molecule has 0 amide bonds. The number of hydrogen-bond donors (Lipinski definition) is 3. The lowest BCUT2D eigenvalue weighted by atomic mass is 9.77. The quantitative estimate of drug-likeness (QED) is 0.736. The van der Waals surface area contributed by atoms with E-state index in [2.05, 4.69) is 29.6 Å². The number of fused-ring (bicyclic) bond motifs is 1. The van der Waals surface area contributed by atoms with Gasteiger partial charge in [0, 0.05) is 24.6 Å². The highest BCUT2D eigenvalue weighted by atomic mass is 16.3. The Hall–Kier alpha value is -2.00. The highest BCUT2D eigenvalue weighted by Gasteiger charge is 2.24. The molecule has 3 N–H and O–H groups in total. The summed E-state index contributed by atoms with van der Waals surface area (Å²) in [5.41, 5.74) is 3.59. The first kappa shape index (κ1) is 12.1. The second kappa shape index (κ2) is 4.94. The molecule has 2 aromatic carbocycles. The number of para-hydroxylation sites is 1. The molecule has 3 nitrogen and oxygen atoms in total. The molecule has 1 aliphatic carbocycles. The Balaban J connectivity index is 1.56. The van der Waals surface area contributed by atoms with Crippen molar-refractivity contribution in [2.45, 2.75) is 18.9 Å². The highest BCUT2D eigenvalue weighted by Crippen LogP contribution is 2.34. The van der Waals surface area contributed by atoms with Crippen molar-refractivity contribution in [3.05, 3.63) is 59.2 Å². The fraction of sp³-hybridized carbons (Fsp3) is 0.250. The van der Waals surface area contributed by atoms with Crippen molar-refractivity contribution in [3.63, 3.8) is 0 Å². The van der Waals surface area contributed by atoms with Crippen LogP contribution in [0.5, 0.6) is 11.5 Å². The van der Waals surface area contributed by atoms with Gasteiger partial charge in [-0.15, -0.1) is 0 Å². The summed E-state index contributed by atoms with van der Waals surface area (Å²) >= 11 is 0. The molecule has 2 aromatic rings. The number of aromatic hydroxyl groups is 2. The maximum absolute atomic E-state index is 9.70. The van der Waals surface area contributed by atoms with E-state index < -0.39 is 0 Å².